The lowest BCUT2D eigenvalue weighted by molar-refractivity contribution is 0.0374. The van der Waals surface area contributed by atoms with Crippen LogP contribution < -0.4 is 16.6 Å². The average Bonchev–Trinajstić information content (AvgIpc) is 3.08. The minimum Gasteiger partial charge on any atom is -0.403 e. The summed E-state index contributed by atoms with van der Waals surface area (Å²) in [5.74, 6) is -0.187. The van der Waals surface area contributed by atoms with Crippen LogP contribution in [0.4, 0.5) is 0 Å². The summed E-state index contributed by atoms with van der Waals surface area (Å²) in [5.41, 5.74) is 8.21. The van der Waals surface area contributed by atoms with Gasteiger partial charge in [0.25, 0.3) is 11.5 Å². The number of hydrogen-bond acceptors (Lipinski definition) is 7. The highest BCUT2D eigenvalue weighted by Crippen LogP contribution is 2.40. The van der Waals surface area contributed by atoms with Crippen molar-refractivity contribution in [1.29, 1.82) is 0 Å². The van der Waals surface area contributed by atoms with Gasteiger partial charge in [-0.15, -0.1) is 0 Å². The number of pyridine rings is 1. The van der Waals surface area contributed by atoms with Crippen LogP contribution in [-0.4, -0.2) is 71.8 Å². The van der Waals surface area contributed by atoms with Gasteiger partial charge in [-0.25, -0.2) is 0 Å². The van der Waals surface area contributed by atoms with E-state index < -0.39 is 5.60 Å². The Bertz CT molecular complexity index is 1810. The number of benzene rings is 3. The Labute approximate surface area is 274 Å². The quantitative estimate of drug-likeness (QED) is 0.208. The van der Waals surface area contributed by atoms with Crippen LogP contribution in [-0.2, 0) is 17.4 Å². The average molecular weight is 642 g/mol. The molecule has 9 nitrogen and oxygen atoms in total. The molecule has 1 fully saturated rings. The number of aliphatic hydroxyl groups is 1. The molecule has 2 heterocycles. The maximum absolute atomic E-state index is 13.0. The SMILES string of the molecule is C=CN(C)/C(=C\N)C(O)(c1ccc(C(=O)NCCCN2CCOCC2)cc1)c1ccc2c(c1)c(-c1cccc(Cl)c1)cc(=O)n2C. The van der Waals surface area contributed by atoms with Gasteiger partial charge in [-0.05, 0) is 77.8 Å². The van der Waals surface area contributed by atoms with E-state index in [-0.39, 0.29) is 11.5 Å². The van der Waals surface area contributed by atoms with E-state index in [9.17, 15) is 14.7 Å². The number of halogens is 1. The van der Waals surface area contributed by atoms with Crippen molar-refractivity contribution in [2.75, 3.05) is 46.4 Å². The minimum atomic E-state index is -1.75. The normalized spacial score (nSPS) is 15.3. The molecule has 240 valence electrons. The van der Waals surface area contributed by atoms with Crippen molar-refractivity contribution in [3.63, 3.8) is 0 Å². The van der Waals surface area contributed by atoms with E-state index in [0.29, 0.717) is 45.0 Å². The van der Waals surface area contributed by atoms with Crippen LogP contribution in [0.3, 0.4) is 0 Å². The van der Waals surface area contributed by atoms with Crippen LogP contribution in [0.5, 0.6) is 0 Å². The molecule has 5 rings (SSSR count). The monoisotopic (exact) mass is 641 g/mol. The van der Waals surface area contributed by atoms with E-state index in [4.69, 9.17) is 22.1 Å². The molecule has 1 aliphatic rings. The topological polar surface area (TPSA) is 113 Å². The van der Waals surface area contributed by atoms with E-state index >= 15 is 0 Å². The maximum atomic E-state index is 13.0. The molecule has 1 saturated heterocycles. The molecule has 0 aliphatic carbocycles. The van der Waals surface area contributed by atoms with Gasteiger partial charge in [0.1, 0.15) is 0 Å². The molecule has 0 bridgehead atoms. The smallest absolute Gasteiger partial charge is 0.251 e. The second-order valence-corrected chi connectivity index (χ2v) is 11.8. The van der Waals surface area contributed by atoms with Gasteiger partial charge < -0.3 is 30.4 Å². The molecule has 10 heteroatoms. The molecule has 1 aromatic heterocycles. The van der Waals surface area contributed by atoms with Gasteiger partial charge in [-0.3, -0.25) is 14.5 Å². The molecular weight excluding hydrogens is 602 g/mol. The molecule has 3 aromatic carbocycles. The van der Waals surface area contributed by atoms with E-state index in [1.54, 1.807) is 78.3 Å². The van der Waals surface area contributed by atoms with Crippen molar-refractivity contribution in [2.24, 2.45) is 12.8 Å². The van der Waals surface area contributed by atoms with E-state index in [2.05, 4.69) is 16.8 Å². The summed E-state index contributed by atoms with van der Waals surface area (Å²) >= 11 is 6.32. The third kappa shape index (κ3) is 6.73. The Morgan fingerprint density at radius 3 is 2.50 bits per heavy atom. The molecule has 1 aliphatic heterocycles. The van der Waals surface area contributed by atoms with Gasteiger partial charge in [0.2, 0.25) is 0 Å². The fourth-order valence-electron chi connectivity index (χ4n) is 5.93. The predicted molar refractivity (Wildman–Crippen MR) is 184 cm³/mol. The van der Waals surface area contributed by atoms with Crippen molar-refractivity contribution >= 4 is 28.4 Å². The van der Waals surface area contributed by atoms with Crippen LogP contribution in [0.1, 0.15) is 27.9 Å². The van der Waals surface area contributed by atoms with Crippen molar-refractivity contribution in [3.05, 3.63) is 130 Å². The molecule has 0 saturated carbocycles. The van der Waals surface area contributed by atoms with Crippen LogP contribution in [0.2, 0.25) is 5.02 Å². The minimum absolute atomic E-state index is 0.172. The number of morpholine rings is 1. The maximum Gasteiger partial charge on any atom is 0.251 e. The van der Waals surface area contributed by atoms with Crippen LogP contribution in [0.25, 0.3) is 22.0 Å². The first-order valence-corrected chi connectivity index (χ1v) is 15.6. The lowest BCUT2D eigenvalue weighted by atomic mass is 9.81. The number of rotatable bonds is 11. The van der Waals surface area contributed by atoms with Crippen molar-refractivity contribution in [1.82, 2.24) is 19.7 Å². The third-order valence-corrected chi connectivity index (χ3v) is 8.82. The first-order chi connectivity index (χ1) is 22.2. The summed E-state index contributed by atoms with van der Waals surface area (Å²) in [4.78, 5) is 29.9. The Morgan fingerprint density at radius 1 is 1.11 bits per heavy atom. The molecule has 1 unspecified atom stereocenters. The predicted octanol–water partition coefficient (Wildman–Crippen LogP) is 4.42. The summed E-state index contributed by atoms with van der Waals surface area (Å²) in [6.45, 7) is 8.65. The summed E-state index contributed by atoms with van der Waals surface area (Å²) in [6, 6.07) is 21.2. The van der Waals surface area contributed by atoms with Gasteiger partial charge in [-0.1, -0.05) is 48.5 Å². The number of aromatic nitrogens is 1. The number of fused-ring (bicyclic) bond motifs is 1. The fourth-order valence-corrected chi connectivity index (χ4v) is 6.12. The Morgan fingerprint density at radius 2 is 1.83 bits per heavy atom. The zero-order valence-corrected chi connectivity index (χ0v) is 27.0. The largest absolute Gasteiger partial charge is 0.403 e. The van der Waals surface area contributed by atoms with Crippen LogP contribution in [0.15, 0.2) is 102 Å². The Balaban J connectivity index is 1.51. The van der Waals surface area contributed by atoms with Crippen molar-refractivity contribution in [2.45, 2.75) is 12.0 Å². The first-order valence-electron chi connectivity index (χ1n) is 15.3. The summed E-state index contributed by atoms with van der Waals surface area (Å²) in [5, 5.41) is 17.0. The van der Waals surface area contributed by atoms with Gasteiger partial charge in [0.05, 0.1) is 24.4 Å². The zero-order valence-electron chi connectivity index (χ0n) is 26.2. The summed E-state index contributed by atoms with van der Waals surface area (Å²) in [6.07, 6.45) is 3.75. The lowest BCUT2D eigenvalue weighted by Crippen LogP contribution is -2.38. The number of nitrogens with two attached hydrogens (primary N) is 1. The number of likely N-dealkylation sites (N-methyl/N-ethyl adjacent to an activating group) is 1. The number of nitrogens with one attached hydrogen (secondary N) is 1. The van der Waals surface area contributed by atoms with Gasteiger partial charge >= 0.3 is 0 Å². The van der Waals surface area contributed by atoms with Crippen molar-refractivity contribution < 1.29 is 14.6 Å². The van der Waals surface area contributed by atoms with Crippen LogP contribution in [0, 0.1) is 0 Å². The van der Waals surface area contributed by atoms with E-state index in [1.807, 2.05) is 24.3 Å². The second-order valence-electron chi connectivity index (χ2n) is 11.4. The number of aryl methyl sites for hydroxylation is 1. The van der Waals surface area contributed by atoms with Crippen molar-refractivity contribution in [3.8, 4) is 11.1 Å². The van der Waals surface area contributed by atoms with E-state index in [0.717, 1.165) is 50.2 Å². The molecule has 0 radical (unpaired) electrons. The Hall–Kier alpha value is -4.41. The van der Waals surface area contributed by atoms with E-state index in [1.165, 1.54) is 6.20 Å². The molecule has 4 aromatic rings. The summed E-state index contributed by atoms with van der Waals surface area (Å²) < 4.78 is 6.96. The first kappa shape index (κ1) is 33.0. The molecular formula is C36H40ClN5O4. The molecule has 0 spiro atoms. The molecule has 46 heavy (non-hydrogen) atoms. The number of nitrogens with zero attached hydrogens (tertiary/aromatic N) is 3. The Kier molecular flexibility index (Phi) is 10.3. The van der Waals surface area contributed by atoms with Gasteiger partial charge in [-0.2, -0.15) is 0 Å². The highest BCUT2D eigenvalue weighted by atomic mass is 35.5. The fraction of sp³-hybridized carbons (Fsp3) is 0.278. The molecule has 4 N–H and O–H groups in total. The van der Waals surface area contributed by atoms with Gasteiger partial charge in [0.15, 0.2) is 5.60 Å². The third-order valence-electron chi connectivity index (χ3n) is 8.59. The van der Waals surface area contributed by atoms with Gasteiger partial charge in [0, 0.05) is 62.0 Å². The standard InChI is InChI=1S/C36H40ClN5O4/c1-4-40(2)33(24-38)36(45,27-11-9-25(10-12-27)35(44)39-15-6-16-42-17-19-46-20-18-42)28-13-14-32-31(22-28)30(23-34(43)41(32)3)26-7-5-8-29(37)21-26/h4-5,7-14,21-24,45H,1,6,15-20,38H2,2-3H3,(H,39,44)/b33-24-. The number of carbonyl (C=O) groups is 1. The zero-order chi connectivity index (χ0) is 32.8. The second kappa shape index (κ2) is 14.3. The molecule has 1 amide bonds. The number of amides is 1. The highest BCUT2D eigenvalue weighted by Gasteiger charge is 2.38. The number of ether oxygens (including phenoxy) is 1. The highest BCUT2D eigenvalue weighted by molar-refractivity contribution is 6.30. The number of carbonyl (C=O) groups excluding carboxylic acids is 1. The summed E-state index contributed by atoms with van der Waals surface area (Å²) in [7, 11) is 3.46. The van der Waals surface area contributed by atoms with Crippen LogP contribution >= 0.6 is 11.6 Å². The lowest BCUT2D eigenvalue weighted by Gasteiger charge is -2.36. The number of hydrogen-bond donors (Lipinski definition) is 3. The molecule has 1 atom stereocenters.